The molecule has 0 aromatic heterocycles. The fraction of sp³-hybridized carbons (Fsp3) is 0.500. The van der Waals surface area contributed by atoms with Crippen LogP contribution >= 0.6 is 12.4 Å². The average molecular weight is 261 g/mol. The van der Waals surface area contributed by atoms with Crippen LogP contribution in [-0.2, 0) is 0 Å². The summed E-state index contributed by atoms with van der Waals surface area (Å²) in [6.45, 7) is 0.695. The van der Waals surface area contributed by atoms with Gasteiger partial charge in [-0.1, -0.05) is 12.5 Å². The SMILES string of the molecule is COc1ccc([C@@H](N)CCCCN)cc1O.Cl. The lowest BCUT2D eigenvalue weighted by atomic mass is 10.0. The summed E-state index contributed by atoms with van der Waals surface area (Å²) in [5.41, 5.74) is 12.3. The van der Waals surface area contributed by atoms with E-state index in [2.05, 4.69) is 0 Å². The third kappa shape index (κ3) is 4.81. The Morgan fingerprint density at radius 2 is 2.06 bits per heavy atom. The first-order chi connectivity index (χ1) is 7.69. The van der Waals surface area contributed by atoms with Crippen molar-refractivity contribution in [1.82, 2.24) is 0 Å². The molecule has 98 valence electrons. The second kappa shape index (κ2) is 8.17. The average Bonchev–Trinajstić information content (AvgIpc) is 2.29. The molecular formula is C12H21ClN2O2. The molecule has 0 saturated carbocycles. The van der Waals surface area contributed by atoms with Crippen LogP contribution in [0.15, 0.2) is 18.2 Å². The predicted octanol–water partition coefficient (Wildman–Crippen LogP) is 1.95. The minimum Gasteiger partial charge on any atom is -0.504 e. The number of hydrogen-bond donors (Lipinski definition) is 3. The number of phenols is 1. The van der Waals surface area contributed by atoms with Crippen molar-refractivity contribution in [3.05, 3.63) is 23.8 Å². The fourth-order valence-corrected chi connectivity index (χ4v) is 1.61. The highest BCUT2D eigenvalue weighted by molar-refractivity contribution is 5.85. The zero-order chi connectivity index (χ0) is 12.0. The monoisotopic (exact) mass is 260 g/mol. The van der Waals surface area contributed by atoms with Gasteiger partial charge in [-0.05, 0) is 37.1 Å². The van der Waals surface area contributed by atoms with Gasteiger partial charge in [0.05, 0.1) is 7.11 Å². The van der Waals surface area contributed by atoms with E-state index in [0.717, 1.165) is 24.8 Å². The molecule has 1 aromatic carbocycles. The Bertz CT molecular complexity index is 334. The first-order valence-electron chi connectivity index (χ1n) is 5.51. The van der Waals surface area contributed by atoms with E-state index < -0.39 is 0 Å². The summed E-state index contributed by atoms with van der Waals surface area (Å²) in [4.78, 5) is 0. The first-order valence-corrected chi connectivity index (χ1v) is 5.51. The second-order valence-electron chi connectivity index (χ2n) is 3.82. The summed E-state index contributed by atoms with van der Waals surface area (Å²) in [6.07, 6.45) is 2.86. The molecule has 5 heteroatoms. The highest BCUT2D eigenvalue weighted by atomic mass is 35.5. The molecule has 5 N–H and O–H groups in total. The number of unbranched alkanes of at least 4 members (excludes halogenated alkanes) is 1. The predicted molar refractivity (Wildman–Crippen MR) is 71.7 cm³/mol. The number of methoxy groups -OCH3 is 1. The molecule has 0 spiro atoms. The Morgan fingerprint density at radius 1 is 1.35 bits per heavy atom. The van der Waals surface area contributed by atoms with E-state index in [4.69, 9.17) is 16.2 Å². The zero-order valence-electron chi connectivity index (χ0n) is 10.1. The van der Waals surface area contributed by atoms with Crippen molar-refractivity contribution in [3.8, 4) is 11.5 Å². The van der Waals surface area contributed by atoms with Crippen LogP contribution in [-0.4, -0.2) is 18.8 Å². The van der Waals surface area contributed by atoms with E-state index >= 15 is 0 Å². The molecular weight excluding hydrogens is 240 g/mol. The molecule has 0 fully saturated rings. The van der Waals surface area contributed by atoms with Gasteiger partial charge in [0.15, 0.2) is 11.5 Å². The Hall–Kier alpha value is -0.970. The minimum atomic E-state index is -0.0524. The van der Waals surface area contributed by atoms with Gasteiger partial charge in [0, 0.05) is 6.04 Å². The van der Waals surface area contributed by atoms with E-state index in [9.17, 15) is 5.11 Å². The van der Waals surface area contributed by atoms with Crippen LogP contribution in [0, 0.1) is 0 Å². The van der Waals surface area contributed by atoms with Crippen molar-refractivity contribution in [2.45, 2.75) is 25.3 Å². The molecule has 0 amide bonds. The van der Waals surface area contributed by atoms with Crippen LogP contribution in [0.3, 0.4) is 0 Å². The van der Waals surface area contributed by atoms with Gasteiger partial charge in [-0.25, -0.2) is 0 Å². The number of aromatic hydroxyl groups is 1. The van der Waals surface area contributed by atoms with Gasteiger partial charge >= 0.3 is 0 Å². The molecule has 4 nitrogen and oxygen atoms in total. The van der Waals surface area contributed by atoms with E-state index in [1.54, 1.807) is 12.1 Å². The Labute approximate surface area is 108 Å². The molecule has 0 aliphatic carbocycles. The lowest BCUT2D eigenvalue weighted by molar-refractivity contribution is 0.372. The number of ether oxygens (including phenoxy) is 1. The van der Waals surface area contributed by atoms with Crippen molar-refractivity contribution in [2.24, 2.45) is 11.5 Å². The van der Waals surface area contributed by atoms with Crippen LogP contribution in [0.25, 0.3) is 0 Å². The number of phenolic OH excluding ortho intramolecular Hbond substituents is 1. The van der Waals surface area contributed by atoms with Crippen molar-refractivity contribution in [1.29, 1.82) is 0 Å². The van der Waals surface area contributed by atoms with Gasteiger partial charge in [0.2, 0.25) is 0 Å². The normalized spacial score (nSPS) is 11.7. The summed E-state index contributed by atoms with van der Waals surface area (Å²) in [6, 6.07) is 5.22. The first kappa shape index (κ1) is 16.0. The molecule has 0 radical (unpaired) electrons. The molecule has 0 unspecified atom stereocenters. The molecule has 1 aromatic rings. The maximum Gasteiger partial charge on any atom is 0.160 e. The topological polar surface area (TPSA) is 81.5 Å². The maximum atomic E-state index is 9.61. The highest BCUT2D eigenvalue weighted by Gasteiger charge is 2.08. The summed E-state index contributed by atoms with van der Waals surface area (Å²) in [5.74, 6) is 0.604. The molecule has 0 bridgehead atoms. The molecule has 1 atom stereocenters. The van der Waals surface area contributed by atoms with Gasteiger partial charge < -0.3 is 21.3 Å². The van der Waals surface area contributed by atoms with Crippen molar-refractivity contribution >= 4 is 12.4 Å². The number of rotatable bonds is 6. The van der Waals surface area contributed by atoms with Crippen LogP contribution < -0.4 is 16.2 Å². The number of benzene rings is 1. The molecule has 17 heavy (non-hydrogen) atoms. The van der Waals surface area contributed by atoms with Crippen LogP contribution in [0.1, 0.15) is 30.9 Å². The number of nitrogens with two attached hydrogens (primary N) is 2. The summed E-state index contributed by atoms with van der Waals surface area (Å²) in [7, 11) is 1.52. The van der Waals surface area contributed by atoms with Gasteiger partial charge in [0.1, 0.15) is 0 Å². The smallest absolute Gasteiger partial charge is 0.160 e. The summed E-state index contributed by atoms with van der Waals surface area (Å²) < 4.78 is 4.97. The third-order valence-corrected chi connectivity index (χ3v) is 2.60. The molecule has 0 heterocycles. The Kier molecular flexibility index (Phi) is 7.70. The molecule has 0 aliphatic heterocycles. The van der Waals surface area contributed by atoms with E-state index in [0.29, 0.717) is 12.3 Å². The lowest BCUT2D eigenvalue weighted by Gasteiger charge is -2.13. The van der Waals surface area contributed by atoms with Crippen LogP contribution in [0.4, 0.5) is 0 Å². The number of hydrogen-bond acceptors (Lipinski definition) is 4. The zero-order valence-corrected chi connectivity index (χ0v) is 10.9. The van der Waals surface area contributed by atoms with Crippen LogP contribution in [0.2, 0.25) is 0 Å². The second-order valence-corrected chi connectivity index (χ2v) is 3.82. The molecule has 0 aliphatic rings. The highest BCUT2D eigenvalue weighted by Crippen LogP contribution is 2.29. The summed E-state index contributed by atoms with van der Waals surface area (Å²) >= 11 is 0. The summed E-state index contributed by atoms with van der Waals surface area (Å²) in [5, 5.41) is 9.61. The standard InChI is InChI=1S/C12H20N2O2.ClH/c1-16-12-6-5-9(8-11(12)15)10(14)4-2-3-7-13;/h5-6,8,10,15H,2-4,7,13-14H2,1H3;1H/t10-;/m0./s1. The van der Waals surface area contributed by atoms with Crippen LogP contribution in [0.5, 0.6) is 11.5 Å². The third-order valence-electron chi connectivity index (χ3n) is 2.60. The minimum absolute atomic E-state index is 0. The van der Waals surface area contributed by atoms with Gasteiger partial charge in [-0.3, -0.25) is 0 Å². The molecule has 1 rings (SSSR count). The lowest BCUT2D eigenvalue weighted by Crippen LogP contribution is -2.11. The molecule has 0 saturated heterocycles. The number of halogens is 1. The van der Waals surface area contributed by atoms with Gasteiger partial charge in [-0.2, -0.15) is 0 Å². The van der Waals surface area contributed by atoms with Gasteiger partial charge in [-0.15, -0.1) is 12.4 Å². The quantitative estimate of drug-likeness (QED) is 0.683. The Morgan fingerprint density at radius 3 is 2.59 bits per heavy atom. The van der Waals surface area contributed by atoms with Crippen molar-refractivity contribution < 1.29 is 9.84 Å². The largest absolute Gasteiger partial charge is 0.504 e. The van der Waals surface area contributed by atoms with E-state index in [-0.39, 0.29) is 24.2 Å². The van der Waals surface area contributed by atoms with Crippen molar-refractivity contribution in [3.63, 3.8) is 0 Å². The van der Waals surface area contributed by atoms with Gasteiger partial charge in [0.25, 0.3) is 0 Å². The maximum absolute atomic E-state index is 9.61. The van der Waals surface area contributed by atoms with E-state index in [1.165, 1.54) is 7.11 Å². The Balaban J connectivity index is 0.00000256. The van der Waals surface area contributed by atoms with Crippen molar-refractivity contribution in [2.75, 3.05) is 13.7 Å². The fourth-order valence-electron chi connectivity index (χ4n) is 1.61. The van der Waals surface area contributed by atoms with E-state index in [1.807, 2.05) is 6.07 Å².